The van der Waals surface area contributed by atoms with E-state index in [2.05, 4.69) is 4.98 Å². The lowest BCUT2D eigenvalue weighted by Crippen LogP contribution is -2.06. The van der Waals surface area contributed by atoms with Gasteiger partial charge in [0.15, 0.2) is 0 Å². The van der Waals surface area contributed by atoms with Crippen LogP contribution in [0, 0.1) is 12.7 Å². The van der Waals surface area contributed by atoms with Crippen LogP contribution in [-0.2, 0) is 11.3 Å². The fraction of sp³-hybridized carbons (Fsp3) is 0.167. The fourth-order valence-electron chi connectivity index (χ4n) is 1.35. The highest BCUT2D eigenvalue weighted by atomic mass is 32.1. The van der Waals surface area contributed by atoms with Gasteiger partial charge in [0, 0.05) is 5.38 Å². The van der Waals surface area contributed by atoms with Crippen molar-refractivity contribution in [3.63, 3.8) is 0 Å². The van der Waals surface area contributed by atoms with Gasteiger partial charge in [-0.15, -0.1) is 11.3 Å². The van der Waals surface area contributed by atoms with Crippen molar-refractivity contribution in [1.29, 1.82) is 0 Å². The van der Waals surface area contributed by atoms with E-state index in [1.54, 1.807) is 0 Å². The number of rotatable bonds is 3. The first-order valence-corrected chi connectivity index (χ1v) is 6.07. The number of aryl methyl sites for hydroxylation is 1. The maximum Gasteiger partial charge on any atom is 0.338 e. The predicted octanol–water partition coefficient (Wildman–Crippen LogP) is 2.53. The van der Waals surface area contributed by atoms with Gasteiger partial charge in [0.25, 0.3) is 0 Å². The molecule has 2 N–H and O–H groups in total. The van der Waals surface area contributed by atoms with Crippen LogP contribution in [0.3, 0.4) is 0 Å². The Labute approximate surface area is 107 Å². The van der Waals surface area contributed by atoms with E-state index in [1.165, 1.54) is 23.5 Å². The number of nitrogen functional groups attached to an aromatic ring is 1. The summed E-state index contributed by atoms with van der Waals surface area (Å²) in [5.74, 6) is -1.23. The largest absolute Gasteiger partial charge is 0.456 e. The van der Waals surface area contributed by atoms with Crippen LogP contribution in [0.15, 0.2) is 23.6 Å². The molecule has 4 nitrogen and oxygen atoms in total. The fourth-order valence-corrected chi connectivity index (χ4v) is 1.95. The number of aromatic nitrogens is 1. The van der Waals surface area contributed by atoms with Gasteiger partial charge >= 0.3 is 5.97 Å². The zero-order valence-electron chi connectivity index (χ0n) is 9.64. The van der Waals surface area contributed by atoms with E-state index in [4.69, 9.17) is 10.5 Å². The van der Waals surface area contributed by atoms with E-state index < -0.39 is 11.8 Å². The Morgan fingerprint density at radius 2 is 2.33 bits per heavy atom. The van der Waals surface area contributed by atoms with Crippen molar-refractivity contribution in [2.24, 2.45) is 0 Å². The normalized spacial score (nSPS) is 10.3. The zero-order valence-corrected chi connectivity index (χ0v) is 10.5. The zero-order chi connectivity index (χ0) is 13.1. The molecule has 2 aromatic rings. The summed E-state index contributed by atoms with van der Waals surface area (Å²) in [6.07, 6.45) is 0. The molecule has 94 valence electrons. The minimum absolute atomic E-state index is 0.00155. The smallest absolute Gasteiger partial charge is 0.338 e. The summed E-state index contributed by atoms with van der Waals surface area (Å²) in [5, 5.41) is 2.71. The summed E-state index contributed by atoms with van der Waals surface area (Å²) in [6, 6.07) is 3.82. The van der Waals surface area contributed by atoms with Gasteiger partial charge < -0.3 is 10.5 Å². The summed E-state index contributed by atoms with van der Waals surface area (Å²) in [6.45, 7) is 1.94. The summed E-state index contributed by atoms with van der Waals surface area (Å²) < 4.78 is 18.2. The van der Waals surface area contributed by atoms with Crippen LogP contribution >= 0.6 is 11.3 Å². The van der Waals surface area contributed by atoms with Crippen LogP contribution in [-0.4, -0.2) is 11.0 Å². The number of hydrogen-bond acceptors (Lipinski definition) is 5. The predicted molar refractivity (Wildman–Crippen MR) is 66.8 cm³/mol. The molecule has 2 rings (SSSR count). The summed E-state index contributed by atoms with van der Waals surface area (Å²) >= 11 is 1.48. The first kappa shape index (κ1) is 12.5. The molecule has 0 aliphatic carbocycles. The van der Waals surface area contributed by atoms with Crippen molar-refractivity contribution >= 4 is 23.0 Å². The molecule has 6 heteroatoms. The van der Waals surface area contributed by atoms with Gasteiger partial charge in [-0.2, -0.15) is 0 Å². The summed E-state index contributed by atoms with van der Waals surface area (Å²) in [5.41, 5.74) is 6.14. The maximum absolute atomic E-state index is 13.2. The van der Waals surface area contributed by atoms with E-state index in [9.17, 15) is 9.18 Å². The van der Waals surface area contributed by atoms with Crippen molar-refractivity contribution in [2.45, 2.75) is 13.5 Å². The lowest BCUT2D eigenvalue weighted by Gasteiger charge is -2.04. The molecule has 1 aromatic carbocycles. The minimum Gasteiger partial charge on any atom is -0.456 e. The first-order chi connectivity index (χ1) is 8.56. The van der Waals surface area contributed by atoms with Gasteiger partial charge in [0.2, 0.25) is 0 Å². The number of esters is 1. The Kier molecular flexibility index (Phi) is 3.57. The molecular weight excluding hydrogens is 255 g/mol. The molecule has 0 saturated carbocycles. The standard InChI is InChI=1S/C12H11FN2O2S/c1-7-15-9(6-18-7)5-17-12(16)8-2-3-11(14)10(13)4-8/h2-4,6H,5,14H2,1H3. The van der Waals surface area contributed by atoms with Gasteiger partial charge in [-0.1, -0.05) is 0 Å². The Hall–Kier alpha value is -1.95. The third-order valence-electron chi connectivity index (χ3n) is 2.25. The first-order valence-electron chi connectivity index (χ1n) is 5.19. The SMILES string of the molecule is Cc1nc(COC(=O)c2ccc(N)c(F)c2)cs1. The van der Waals surface area contributed by atoms with Gasteiger partial charge in [-0.25, -0.2) is 14.2 Å². The number of nitrogens with two attached hydrogens (primary N) is 1. The lowest BCUT2D eigenvalue weighted by atomic mass is 10.2. The Morgan fingerprint density at radius 3 is 2.94 bits per heavy atom. The Morgan fingerprint density at radius 1 is 1.56 bits per heavy atom. The van der Waals surface area contributed by atoms with E-state index >= 15 is 0 Å². The molecule has 0 amide bonds. The summed E-state index contributed by atoms with van der Waals surface area (Å²) in [7, 11) is 0. The van der Waals surface area contributed by atoms with Crippen LogP contribution in [0.1, 0.15) is 21.1 Å². The third kappa shape index (κ3) is 2.84. The molecule has 0 fully saturated rings. The van der Waals surface area contributed by atoms with Gasteiger partial charge in [-0.05, 0) is 25.1 Å². The number of carbonyl (C=O) groups excluding carboxylic acids is 1. The number of halogens is 1. The number of benzene rings is 1. The van der Waals surface area contributed by atoms with Crippen molar-refractivity contribution in [1.82, 2.24) is 4.98 Å². The highest BCUT2D eigenvalue weighted by molar-refractivity contribution is 7.09. The van der Waals surface area contributed by atoms with E-state index in [0.717, 1.165) is 11.1 Å². The van der Waals surface area contributed by atoms with Gasteiger partial charge in [0.05, 0.1) is 22.0 Å². The maximum atomic E-state index is 13.2. The van der Waals surface area contributed by atoms with Crippen LogP contribution < -0.4 is 5.73 Å². The van der Waals surface area contributed by atoms with Crippen LogP contribution in [0.25, 0.3) is 0 Å². The van der Waals surface area contributed by atoms with Crippen LogP contribution in [0.2, 0.25) is 0 Å². The third-order valence-corrected chi connectivity index (χ3v) is 3.08. The molecular formula is C12H11FN2O2S. The molecule has 0 aliphatic rings. The minimum atomic E-state index is -0.631. The van der Waals surface area contributed by atoms with Crippen molar-refractivity contribution < 1.29 is 13.9 Å². The van der Waals surface area contributed by atoms with E-state index in [-0.39, 0.29) is 17.9 Å². The average Bonchev–Trinajstić information content (AvgIpc) is 2.75. The second-order valence-electron chi connectivity index (χ2n) is 3.67. The molecule has 0 bridgehead atoms. The van der Waals surface area contributed by atoms with E-state index in [1.807, 2.05) is 12.3 Å². The number of ether oxygens (including phenoxy) is 1. The van der Waals surface area contributed by atoms with Crippen LogP contribution in [0.5, 0.6) is 0 Å². The Bertz CT molecular complexity index is 583. The highest BCUT2D eigenvalue weighted by Gasteiger charge is 2.10. The number of nitrogens with zero attached hydrogens (tertiary/aromatic N) is 1. The molecule has 0 aliphatic heterocycles. The Balaban J connectivity index is 2.01. The number of anilines is 1. The molecule has 1 heterocycles. The average molecular weight is 266 g/mol. The van der Waals surface area contributed by atoms with E-state index in [0.29, 0.717) is 5.69 Å². The molecule has 0 radical (unpaired) electrons. The highest BCUT2D eigenvalue weighted by Crippen LogP contribution is 2.14. The molecule has 0 atom stereocenters. The van der Waals surface area contributed by atoms with Crippen molar-refractivity contribution in [2.75, 3.05) is 5.73 Å². The second kappa shape index (κ2) is 5.14. The quantitative estimate of drug-likeness (QED) is 0.685. The lowest BCUT2D eigenvalue weighted by molar-refractivity contribution is 0.0468. The monoisotopic (exact) mass is 266 g/mol. The van der Waals surface area contributed by atoms with Crippen LogP contribution in [0.4, 0.5) is 10.1 Å². The topological polar surface area (TPSA) is 65.2 Å². The molecule has 1 aromatic heterocycles. The summed E-state index contributed by atoms with van der Waals surface area (Å²) in [4.78, 5) is 15.8. The van der Waals surface area contributed by atoms with Crippen molar-refractivity contribution in [3.05, 3.63) is 45.7 Å². The number of carbonyl (C=O) groups is 1. The molecule has 0 unspecified atom stereocenters. The molecule has 0 spiro atoms. The van der Waals surface area contributed by atoms with Crippen molar-refractivity contribution in [3.8, 4) is 0 Å². The number of thiazole rings is 1. The van der Waals surface area contributed by atoms with Gasteiger partial charge in [0.1, 0.15) is 12.4 Å². The molecule has 18 heavy (non-hydrogen) atoms. The second-order valence-corrected chi connectivity index (χ2v) is 4.73. The number of hydrogen-bond donors (Lipinski definition) is 1. The molecule has 0 saturated heterocycles. The van der Waals surface area contributed by atoms with Gasteiger partial charge in [-0.3, -0.25) is 0 Å².